The van der Waals surface area contributed by atoms with Gasteiger partial charge in [0.1, 0.15) is 0 Å². The second-order valence-electron chi connectivity index (χ2n) is 1.86. The zero-order valence-electron chi connectivity index (χ0n) is 5.82. The van der Waals surface area contributed by atoms with Crippen molar-refractivity contribution in [3.8, 4) is 0 Å². The third-order valence-corrected chi connectivity index (χ3v) is 1.87. The molecule has 0 unspecified atom stereocenters. The summed E-state index contributed by atoms with van der Waals surface area (Å²) in [6.45, 7) is 0. The molecule has 1 aromatic rings. The van der Waals surface area contributed by atoms with Crippen LogP contribution in [0.15, 0.2) is 27.9 Å². The van der Waals surface area contributed by atoms with E-state index in [0.717, 1.165) is 0 Å². The summed E-state index contributed by atoms with van der Waals surface area (Å²) in [6, 6.07) is 1.56. The Morgan fingerprint density at radius 3 is 3.08 bits per heavy atom. The fraction of sp³-hybridized carbons (Fsp3) is 0. The van der Waals surface area contributed by atoms with Gasteiger partial charge in [0.05, 0.1) is 10.7 Å². The van der Waals surface area contributed by atoms with Crippen molar-refractivity contribution in [1.29, 1.82) is 0 Å². The van der Waals surface area contributed by atoms with Gasteiger partial charge in [-0.1, -0.05) is 0 Å². The van der Waals surface area contributed by atoms with Crippen molar-refractivity contribution in [2.24, 2.45) is 4.99 Å². The molecule has 0 radical (unpaired) electrons. The normalized spacial score (nSPS) is 8.75. The molecule has 0 atom stereocenters. The molecule has 0 bridgehead atoms. The van der Waals surface area contributed by atoms with Crippen LogP contribution < -0.4 is 0 Å². The number of rotatable bonds is 1. The fourth-order valence-electron chi connectivity index (χ4n) is 0.650. The second-order valence-corrected chi connectivity index (χ2v) is 2.90. The summed E-state index contributed by atoms with van der Waals surface area (Å²) in [5.41, 5.74) is 0.433. The van der Waals surface area contributed by atoms with Gasteiger partial charge in [-0.15, -0.1) is 0 Å². The van der Waals surface area contributed by atoms with Gasteiger partial charge in [-0.3, -0.25) is 9.78 Å². The van der Waals surface area contributed by atoms with E-state index in [4.69, 9.17) is 0 Å². The van der Waals surface area contributed by atoms with Gasteiger partial charge in [-0.2, -0.15) is 4.99 Å². The number of halogens is 1. The number of hydrogen-bond donors (Lipinski definition) is 0. The Kier molecular flexibility index (Phi) is 3.22. The number of hydrogen-bond acceptors (Lipinski definition) is 3. The van der Waals surface area contributed by atoms with Gasteiger partial charge in [0.2, 0.25) is 0 Å². The predicted molar refractivity (Wildman–Crippen MR) is 51.3 cm³/mol. The van der Waals surface area contributed by atoms with Crippen LogP contribution in [-0.2, 0) is 0 Å². The van der Waals surface area contributed by atoms with Crippen LogP contribution in [0.4, 0.5) is 0 Å². The average molecular weight is 243 g/mol. The molecule has 0 fully saturated rings. The van der Waals surface area contributed by atoms with E-state index >= 15 is 0 Å². The van der Waals surface area contributed by atoms with E-state index in [1.165, 1.54) is 12.4 Å². The van der Waals surface area contributed by atoms with Gasteiger partial charge in [-0.25, -0.2) is 0 Å². The number of thiocarbonyl (C=S) groups is 1. The van der Waals surface area contributed by atoms with Crippen LogP contribution in [0.2, 0.25) is 0 Å². The Hall–Kier alpha value is -0.900. The summed E-state index contributed by atoms with van der Waals surface area (Å²) in [5.74, 6) is -0.417. The largest absolute Gasteiger partial charge is 0.287 e. The Morgan fingerprint density at radius 2 is 2.50 bits per heavy atom. The minimum atomic E-state index is -0.417. The lowest BCUT2D eigenvalue weighted by molar-refractivity contribution is 0.100. The highest BCUT2D eigenvalue weighted by Crippen LogP contribution is 2.14. The summed E-state index contributed by atoms with van der Waals surface area (Å²) in [5, 5.41) is 2.01. The van der Waals surface area contributed by atoms with Crippen LogP contribution >= 0.6 is 28.1 Å². The van der Waals surface area contributed by atoms with E-state index < -0.39 is 5.91 Å². The van der Waals surface area contributed by atoms with Crippen molar-refractivity contribution in [2.45, 2.75) is 0 Å². The summed E-state index contributed by atoms with van der Waals surface area (Å²) in [7, 11) is 0. The molecule has 0 aliphatic rings. The molecular formula is C7H3BrN2OS. The zero-order valence-corrected chi connectivity index (χ0v) is 8.22. The monoisotopic (exact) mass is 242 g/mol. The lowest BCUT2D eigenvalue weighted by atomic mass is 10.3. The Labute approximate surface area is 82.7 Å². The maximum atomic E-state index is 11.1. The highest BCUT2D eigenvalue weighted by atomic mass is 79.9. The van der Waals surface area contributed by atoms with Crippen LogP contribution in [0, 0.1) is 0 Å². The van der Waals surface area contributed by atoms with E-state index in [1.54, 1.807) is 6.07 Å². The first-order valence-electron chi connectivity index (χ1n) is 2.97. The minimum absolute atomic E-state index is 0.417. The molecule has 3 nitrogen and oxygen atoms in total. The molecule has 0 spiro atoms. The molecule has 0 aliphatic heterocycles. The van der Waals surface area contributed by atoms with E-state index in [9.17, 15) is 4.79 Å². The van der Waals surface area contributed by atoms with E-state index in [-0.39, 0.29) is 0 Å². The van der Waals surface area contributed by atoms with Gasteiger partial charge >= 0.3 is 0 Å². The maximum absolute atomic E-state index is 11.1. The lowest BCUT2D eigenvalue weighted by Crippen LogP contribution is -1.95. The van der Waals surface area contributed by atoms with Crippen LogP contribution in [0.25, 0.3) is 0 Å². The van der Waals surface area contributed by atoms with Gasteiger partial charge in [0, 0.05) is 16.9 Å². The highest BCUT2D eigenvalue weighted by molar-refractivity contribution is 9.10. The highest BCUT2D eigenvalue weighted by Gasteiger charge is 2.06. The molecule has 12 heavy (non-hydrogen) atoms. The SMILES string of the molecule is O=C(N=C=S)c1ccncc1Br. The fourth-order valence-corrected chi connectivity index (χ4v) is 1.15. The topological polar surface area (TPSA) is 42.3 Å². The molecular weight excluding hydrogens is 240 g/mol. The first-order chi connectivity index (χ1) is 5.75. The van der Waals surface area contributed by atoms with Crippen LogP contribution in [0.5, 0.6) is 0 Å². The number of isothiocyanates is 1. The minimum Gasteiger partial charge on any atom is -0.266 e. The number of amides is 1. The van der Waals surface area contributed by atoms with Crippen molar-refractivity contribution in [3.05, 3.63) is 28.5 Å². The first kappa shape index (κ1) is 9.19. The number of nitrogens with zero attached hydrogens (tertiary/aromatic N) is 2. The van der Waals surface area contributed by atoms with E-state index in [2.05, 4.69) is 38.1 Å². The summed E-state index contributed by atoms with van der Waals surface area (Å²) in [4.78, 5) is 18.2. The molecule has 0 saturated heterocycles. The average Bonchev–Trinajstić information content (AvgIpc) is 2.05. The van der Waals surface area contributed by atoms with Gasteiger partial charge < -0.3 is 0 Å². The molecule has 1 heterocycles. The predicted octanol–water partition coefficient (Wildman–Crippen LogP) is 2.09. The summed E-state index contributed by atoms with van der Waals surface area (Å²) in [6.07, 6.45) is 3.03. The molecule has 0 N–H and O–H groups in total. The number of aliphatic imine (C=N–C) groups is 1. The quantitative estimate of drug-likeness (QED) is 0.560. The molecule has 0 aromatic carbocycles. The Morgan fingerprint density at radius 1 is 1.75 bits per heavy atom. The van der Waals surface area contributed by atoms with Gasteiger partial charge in [-0.05, 0) is 34.2 Å². The van der Waals surface area contributed by atoms with Crippen LogP contribution in [0.3, 0.4) is 0 Å². The Bertz CT molecular complexity index is 360. The number of aromatic nitrogens is 1. The van der Waals surface area contributed by atoms with Crippen LogP contribution in [0.1, 0.15) is 10.4 Å². The summed E-state index contributed by atoms with van der Waals surface area (Å²) < 4.78 is 0.601. The molecule has 5 heteroatoms. The standard InChI is InChI=1S/C7H3BrN2OS/c8-6-3-9-2-1-5(6)7(11)10-4-12/h1-3H. The third kappa shape index (κ3) is 2.04. The maximum Gasteiger partial charge on any atom is 0.287 e. The molecule has 1 rings (SSSR count). The van der Waals surface area contributed by atoms with Crippen molar-refractivity contribution in [1.82, 2.24) is 4.98 Å². The van der Waals surface area contributed by atoms with Crippen molar-refractivity contribution >= 4 is 39.2 Å². The summed E-state index contributed by atoms with van der Waals surface area (Å²) >= 11 is 7.46. The zero-order chi connectivity index (χ0) is 8.97. The van der Waals surface area contributed by atoms with Crippen molar-refractivity contribution in [2.75, 3.05) is 0 Å². The number of pyridine rings is 1. The second kappa shape index (κ2) is 4.21. The molecule has 0 saturated carbocycles. The number of carbonyl (C=O) groups is 1. The van der Waals surface area contributed by atoms with Crippen molar-refractivity contribution in [3.63, 3.8) is 0 Å². The van der Waals surface area contributed by atoms with Gasteiger partial charge in [0.15, 0.2) is 0 Å². The van der Waals surface area contributed by atoms with Gasteiger partial charge in [0.25, 0.3) is 5.91 Å². The molecule has 0 aliphatic carbocycles. The van der Waals surface area contributed by atoms with E-state index in [0.29, 0.717) is 10.0 Å². The molecule has 1 amide bonds. The number of carbonyl (C=O) groups excluding carboxylic acids is 1. The lowest BCUT2D eigenvalue weighted by Gasteiger charge is -1.94. The molecule has 60 valence electrons. The first-order valence-corrected chi connectivity index (χ1v) is 4.17. The van der Waals surface area contributed by atoms with Crippen LogP contribution in [-0.4, -0.2) is 16.1 Å². The smallest absolute Gasteiger partial charge is 0.266 e. The third-order valence-electron chi connectivity index (χ3n) is 1.15. The molecule has 1 aromatic heterocycles. The van der Waals surface area contributed by atoms with Crippen molar-refractivity contribution < 1.29 is 4.79 Å². The van der Waals surface area contributed by atoms with E-state index in [1.807, 2.05) is 5.16 Å². The Balaban J connectivity index is 3.11.